The second-order valence-corrected chi connectivity index (χ2v) is 3.01. The molecule has 66 valence electrons. The number of hydrogen-bond acceptors (Lipinski definition) is 3. The van der Waals surface area contributed by atoms with E-state index in [1.807, 2.05) is 0 Å². The van der Waals surface area contributed by atoms with Gasteiger partial charge in [-0.3, -0.25) is 0 Å². The van der Waals surface area contributed by atoms with Crippen LogP contribution in [0.4, 0.5) is 0 Å². The Morgan fingerprint density at radius 2 is 2.25 bits per heavy atom. The standard InChI is InChI=1S/C9H15N3/c1-6-4-5-9(7(2)11-6)12-8(3)10/h9,11-12H,1-5,10H2. The predicted molar refractivity (Wildman–Crippen MR) is 50.9 cm³/mol. The molecule has 0 aromatic carbocycles. The quantitative estimate of drug-likeness (QED) is 0.567. The lowest BCUT2D eigenvalue weighted by molar-refractivity contribution is 0.517. The lowest BCUT2D eigenvalue weighted by Crippen LogP contribution is -2.40. The van der Waals surface area contributed by atoms with Crippen molar-refractivity contribution >= 4 is 0 Å². The lowest BCUT2D eigenvalue weighted by Gasteiger charge is -2.28. The average molecular weight is 165 g/mol. The van der Waals surface area contributed by atoms with Crippen molar-refractivity contribution in [2.45, 2.75) is 18.9 Å². The lowest BCUT2D eigenvalue weighted by atomic mass is 10.0. The largest absolute Gasteiger partial charge is 0.386 e. The fraction of sp³-hybridized carbons (Fsp3) is 0.333. The molecule has 1 atom stereocenters. The van der Waals surface area contributed by atoms with Crippen LogP contribution in [0.1, 0.15) is 12.8 Å². The minimum Gasteiger partial charge on any atom is -0.386 e. The highest BCUT2D eigenvalue weighted by Gasteiger charge is 2.17. The molecule has 4 N–H and O–H groups in total. The van der Waals surface area contributed by atoms with Crippen molar-refractivity contribution < 1.29 is 0 Å². The zero-order chi connectivity index (χ0) is 9.14. The molecule has 0 aromatic rings. The van der Waals surface area contributed by atoms with E-state index >= 15 is 0 Å². The molecule has 0 aromatic heterocycles. The maximum absolute atomic E-state index is 5.42. The molecule has 0 saturated carbocycles. The van der Waals surface area contributed by atoms with Crippen LogP contribution < -0.4 is 16.4 Å². The Morgan fingerprint density at radius 1 is 1.58 bits per heavy atom. The van der Waals surface area contributed by atoms with Gasteiger partial charge in [-0.1, -0.05) is 19.7 Å². The van der Waals surface area contributed by atoms with E-state index < -0.39 is 0 Å². The normalized spacial score (nSPS) is 23.2. The summed E-state index contributed by atoms with van der Waals surface area (Å²) in [6, 6.07) is 0.188. The van der Waals surface area contributed by atoms with Crippen LogP contribution in [0.25, 0.3) is 0 Å². The first-order valence-corrected chi connectivity index (χ1v) is 3.94. The van der Waals surface area contributed by atoms with Crippen LogP contribution in [0.3, 0.4) is 0 Å². The molecule has 0 amide bonds. The molecule has 1 aliphatic rings. The van der Waals surface area contributed by atoms with E-state index in [0.29, 0.717) is 5.82 Å². The molecule has 1 aliphatic heterocycles. The van der Waals surface area contributed by atoms with Crippen LogP contribution in [0.15, 0.2) is 37.0 Å². The highest BCUT2D eigenvalue weighted by atomic mass is 15.1. The van der Waals surface area contributed by atoms with E-state index in [9.17, 15) is 0 Å². The summed E-state index contributed by atoms with van der Waals surface area (Å²) in [5.74, 6) is 0.482. The number of nitrogens with two attached hydrogens (primary N) is 1. The van der Waals surface area contributed by atoms with Crippen LogP contribution in [0.2, 0.25) is 0 Å². The first-order chi connectivity index (χ1) is 5.59. The average Bonchev–Trinajstić information content (AvgIpc) is 1.94. The van der Waals surface area contributed by atoms with Crippen molar-refractivity contribution in [1.29, 1.82) is 0 Å². The van der Waals surface area contributed by atoms with Gasteiger partial charge in [-0.15, -0.1) is 0 Å². The van der Waals surface area contributed by atoms with E-state index in [1.165, 1.54) is 0 Å². The highest BCUT2D eigenvalue weighted by molar-refractivity contribution is 5.17. The summed E-state index contributed by atoms with van der Waals surface area (Å²) in [7, 11) is 0. The van der Waals surface area contributed by atoms with Gasteiger partial charge in [0.05, 0.1) is 11.9 Å². The Bertz CT molecular complexity index is 230. The summed E-state index contributed by atoms with van der Waals surface area (Å²) < 4.78 is 0. The molecule has 0 radical (unpaired) electrons. The molecule has 1 unspecified atom stereocenters. The van der Waals surface area contributed by atoms with Gasteiger partial charge in [0.2, 0.25) is 0 Å². The molecule has 3 heteroatoms. The Morgan fingerprint density at radius 3 is 2.75 bits per heavy atom. The topological polar surface area (TPSA) is 50.1 Å². The number of hydrogen-bond donors (Lipinski definition) is 3. The van der Waals surface area contributed by atoms with Crippen molar-refractivity contribution in [2.24, 2.45) is 5.73 Å². The molecular weight excluding hydrogens is 150 g/mol. The number of piperidine rings is 1. The van der Waals surface area contributed by atoms with E-state index in [2.05, 4.69) is 30.4 Å². The van der Waals surface area contributed by atoms with Crippen molar-refractivity contribution in [3.05, 3.63) is 37.0 Å². The molecule has 1 fully saturated rings. The Kier molecular flexibility index (Phi) is 2.43. The van der Waals surface area contributed by atoms with Crippen LogP contribution in [-0.4, -0.2) is 6.04 Å². The van der Waals surface area contributed by atoms with Gasteiger partial charge in [-0.2, -0.15) is 0 Å². The van der Waals surface area contributed by atoms with E-state index in [4.69, 9.17) is 5.73 Å². The molecular formula is C9H15N3. The number of rotatable bonds is 2. The molecule has 1 rings (SSSR count). The van der Waals surface area contributed by atoms with Crippen LogP contribution in [-0.2, 0) is 0 Å². The van der Waals surface area contributed by atoms with E-state index in [1.54, 1.807) is 0 Å². The van der Waals surface area contributed by atoms with Gasteiger partial charge in [0.1, 0.15) is 0 Å². The third-order valence-electron chi connectivity index (χ3n) is 1.85. The molecule has 0 bridgehead atoms. The van der Waals surface area contributed by atoms with Crippen molar-refractivity contribution in [2.75, 3.05) is 0 Å². The van der Waals surface area contributed by atoms with E-state index in [0.717, 1.165) is 24.2 Å². The van der Waals surface area contributed by atoms with Crippen LogP contribution >= 0.6 is 0 Å². The van der Waals surface area contributed by atoms with Gasteiger partial charge >= 0.3 is 0 Å². The summed E-state index contributed by atoms with van der Waals surface area (Å²) in [4.78, 5) is 0. The van der Waals surface area contributed by atoms with Crippen LogP contribution in [0.5, 0.6) is 0 Å². The SMILES string of the molecule is C=C(N)NC1CCC(=C)NC1=C. The molecule has 12 heavy (non-hydrogen) atoms. The summed E-state index contributed by atoms with van der Waals surface area (Å²) in [6.45, 7) is 11.3. The fourth-order valence-electron chi connectivity index (χ4n) is 1.25. The molecule has 0 aliphatic carbocycles. The Hall–Kier alpha value is -1.38. The minimum absolute atomic E-state index is 0.188. The van der Waals surface area contributed by atoms with Crippen LogP contribution in [0, 0.1) is 0 Å². The van der Waals surface area contributed by atoms with Gasteiger partial charge in [0, 0.05) is 11.4 Å². The van der Waals surface area contributed by atoms with Crippen molar-refractivity contribution in [3.8, 4) is 0 Å². The fourth-order valence-corrected chi connectivity index (χ4v) is 1.25. The summed E-state index contributed by atoms with van der Waals surface area (Å²) in [5, 5.41) is 6.12. The van der Waals surface area contributed by atoms with Gasteiger partial charge in [-0.05, 0) is 12.8 Å². The van der Waals surface area contributed by atoms with Gasteiger partial charge in [0.25, 0.3) is 0 Å². The number of nitrogens with one attached hydrogen (secondary N) is 2. The summed E-state index contributed by atoms with van der Waals surface area (Å²) in [5.41, 5.74) is 7.35. The summed E-state index contributed by atoms with van der Waals surface area (Å²) >= 11 is 0. The number of allylic oxidation sites excluding steroid dienone is 1. The molecule has 1 heterocycles. The Balaban J connectivity index is 2.51. The molecule has 0 spiro atoms. The molecule has 3 nitrogen and oxygen atoms in total. The zero-order valence-corrected chi connectivity index (χ0v) is 7.19. The van der Waals surface area contributed by atoms with Crippen molar-refractivity contribution in [3.63, 3.8) is 0 Å². The maximum Gasteiger partial charge on any atom is 0.0891 e. The smallest absolute Gasteiger partial charge is 0.0891 e. The van der Waals surface area contributed by atoms with Gasteiger partial charge in [0.15, 0.2) is 0 Å². The first kappa shape index (κ1) is 8.71. The van der Waals surface area contributed by atoms with Gasteiger partial charge < -0.3 is 16.4 Å². The predicted octanol–water partition coefficient (Wildman–Crippen LogP) is 0.785. The second-order valence-electron chi connectivity index (χ2n) is 3.01. The monoisotopic (exact) mass is 165 g/mol. The molecule has 1 saturated heterocycles. The maximum atomic E-state index is 5.42. The first-order valence-electron chi connectivity index (χ1n) is 3.94. The Labute approximate surface area is 73.0 Å². The highest BCUT2D eigenvalue weighted by Crippen LogP contribution is 2.16. The third kappa shape index (κ3) is 2.05. The second kappa shape index (κ2) is 3.34. The zero-order valence-electron chi connectivity index (χ0n) is 7.19. The third-order valence-corrected chi connectivity index (χ3v) is 1.85. The van der Waals surface area contributed by atoms with E-state index in [-0.39, 0.29) is 6.04 Å². The minimum atomic E-state index is 0.188. The van der Waals surface area contributed by atoms with Gasteiger partial charge in [-0.25, -0.2) is 0 Å². The van der Waals surface area contributed by atoms with Crippen molar-refractivity contribution in [1.82, 2.24) is 10.6 Å². The summed E-state index contributed by atoms with van der Waals surface area (Å²) in [6.07, 6.45) is 1.92.